The van der Waals surface area contributed by atoms with Crippen LogP contribution in [0.3, 0.4) is 0 Å². The van der Waals surface area contributed by atoms with Gasteiger partial charge in [-0.05, 0) is 37.3 Å². The molecule has 1 saturated heterocycles. The lowest BCUT2D eigenvalue weighted by Crippen LogP contribution is -2.49. The summed E-state index contributed by atoms with van der Waals surface area (Å²) in [7, 11) is -3.32. The van der Waals surface area contributed by atoms with Crippen LogP contribution in [-0.4, -0.2) is 50.3 Å². The van der Waals surface area contributed by atoms with Crippen molar-refractivity contribution in [2.75, 3.05) is 32.7 Å². The third-order valence-electron chi connectivity index (χ3n) is 4.61. The summed E-state index contributed by atoms with van der Waals surface area (Å²) in [5.41, 5.74) is 0. The zero-order valence-electron chi connectivity index (χ0n) is 12.9. The summed E-state index contributed by atoms with van der Waals surface area (Å²) in [5.74, 6) is 0.738. The molecule has 1 aromatic rings. The number of hydrogen-bond acceptors (Lipinski definition) is 3. The van der Waals surface area contributed by atoms with Gasteiger partial charge in [0.15, 0.2) is 0 Å². The summed E-state index contributed by atoms with van der Waals surface area (Å²) in [5, 5.41) is 0. The molecule has 1 aliphatic heterocycles. The molecule has 0 bridgehead atoms. The topological polar surface area (TPSA) is 40.6 Å². The molecule has 1 atom stereocenters. The van der Waals surface area contributed by atoms with Crippen molar-refractivity contribution >= 4 is 10.0 Å². The minimum atomic E-state index is -3.32. The fraction of sp³-hybridized carbons (Fsp3) is 0.529. The van der Waals surface area contributed by atoms with Crippen molar-refractivity contribution in [2.24, 2.45) is 5.92 Å². The van der Waals surface area contributed by atoms with E-state index in [-0.39, 0.29) is 0 Å². The van der Waals surface area contributed by atoms with Crippen molar-refractivity contribution in [1.29, 1.82) is 0 Å². The predicted octanol–water partition coefficient (Wildman–Crippen LogP) is 2.35. The molecule has 120 valence electrons. The molecule has 1 aromatic carbocycles. The first-order chi connectivity index (χ1) is 10.7. The lowest BCUT2D eigenvalue weighted by molar-refractivity contribution is 0.161. The highest BCUT2D eigenvalue weighted by molar-refractivity contribution is 7.89. The van der Waals surface area contributed by atoms with Crippen LogP contribution in [0.5, 0.6) is 0 Å². The molecule has 3 rings (SSSR count). The molecule has 0 aromatic heterocycles. The van der Waals surface area contributed by atoms with E-state index < -0.39 is 10.0 Å². The van der Waals surface area contributed by atoms with Crippen LogP contribution in [0.2, 0.25) is 0 Å². The smallest absolute Gasteiger partial charge is 0.243 e. The number of nitrogens with zero attached hydrogens (tertiary/aromatic N) is 2. The Bertz CT molecular complexity index is 605. The van der Waals surface area contributed by atoms with E-state index in [0.717, 1.165) is 25.6 Å². The van der Waals surface area contributed by atoms with Gasteiger partial charge in [-0.1, -0.05) is 30.4 Å². The maximum Gasteiger partial charge on any atom is 0.243 e. The van der Waals surface area contributed by atoms with Crippen LogP contribution in [0.15, 0.2) is 47.4 Å². The van der Waals surface area contributed by atoms with Gasteiger partial charge in [-0.25, -0.2) is 8.42 Å². The Kier molecular flexibility index (Phi) is 4.96. The van der Waals surface area contributed by atoms with Gasteiger partial charge in [-0.2, -0.15) is 4.31 Å². The molecular formula is C17H24N2O2S. The fourth-order valence-electron chi connectivity index (χ4n) is 3.28. The Morgan fingerprint density at radius 2 is 1.73 bits per heavy atom. The van der Waals surface area contributed by atoms with Gasteiger partial charge in [0, 0.05) is 32.7 Å². The molecule has 0 amide bonds. The average Bonchev–Trinajstić information content (AvgIpc) is 2.57. The molecular weight excluding hydrogens is 296 g/mol. The van der Waals surface area contributed by atoms with E-state index in [0.29, 0.717) is 18.0 Å². The summed E-state index contributed by atoms with van der Waals surface area (Å²) in [6.45, 7) is 3.97. The van der Waals surface area contributed by atoms with Gasteiger partial charge in [0.2, 0.25) is 10.0 Å². The van der Waals surface area contributed by atoms with Crippen LogP contribution in [0, 0.1) is 5.92 Å². The number of benzene rings is 1. The van der Waals surface area contributed by atoms with Crippen molar-refractivity contribution in [3.63, 3.8) is 0 Å². The second kappa shape index (κ2) is 6.94. The van der Waals surface area contributed by atoms with E-state index in [9.17, 15) is 8.42 Å². The van der Waals surface area contributed by atoms with E-state index in [1.807, 2.05) is 6.07 Å². The second-order valence-corrected chi connectivity index (χ2v) is 8.11. The lowest BCUT2D eigenvalue weighted by Gasteiger charge is -2.36. The minimum absolute atomic E-state index is 0.404. The largest absolute Gasteiger partial charge is 0.300 e. The maximum absolute atomic E-state index is 12.6. The standard InChI is InChI=1S/C17H24N2O2S/c20-22(21,17-9-5-2-6-10-17)19-13-11-18(12-14-19)15-16-7-3-1-4-8-16/h1-3,5-6,9-10,16H,4,7-8,11-15H2. The molecule has 22 heavy (non-hydrogen) atoms. The van der Waals surface area contributed by atoms with Crippen LogP contribution >= 0.6 is 0 Å². The van der Waals surface area contributed by atoms with Crippen molar-refractivity contribution in [3.05, 3.63) is 42.5 Å². The van der Waals surface area contributed by atoms with Crippen molar-refractivity contribution in [2.45, 2.75) is 24.2 Å². The molecule has 0 radical (unpaired) electrons. The van der Waals surface area contributed by atoms with Gasteiger partial charge >= 0.3 is 0 Å². The Labute approximate surface area is 133 Å². The highest BCUT2D eigenvalue weighted by Crippen LogP contribution is 2.21. The van der Waals surface area contributed by atoms with E-state index >= 15 is 0 Å². The average molecular weight is 320 g/mol. The number of sulfonamides is 1. The summed E-state index contributed by atoms with van der Waals surface area (Å²) in [6.07, 6.45) is 8.17. The van der Waals surface area contributed by atoms with Crippen LogP contribution < -0.4 is 0 Å². The van der Waals surface area contributed by atoms with E-state index in [1.165, 1.54) is 19.3 Å². The molecule has 1 heterocycles. The predicted molar refractivity (Wildman–Crippen MR) is 88.1 cm³/mol. The number of hydrogen-bond donors (Lipinski definition) is 0. The van der Waals surface area contributed by atoms with Gasteiger partial charge in [0.25, 0.3) is 0 Å². The first kappa shape index (κ1) is 15.7. The first-order valence-electron chi connectivity index (χ1n) is 8.09. The lowest BCUT2D eigenvalue weighted by atomic mass is 9.94. The zero-order valence-corrected chi connectivity index (χ0v) is 13.7. The number of rotatable bonds is 4. The molecule has 0 N–H and O–H groups in total. The zero-order chi connectivity index (χ0) is 15.4. The van der Waals surface area contributed by atoms with Gasteiger partial charge in [0.05, 0.1) is 4.90 Å². The third kappa shape index (κ3) is 3.59. The number of piperazine rings is 1. The maximum atomic E-state index is 12.6. The van der Waals surface area contributed by atoms with E-state index in [2.05, 4.69) is 17.1 Å². The summed E-state index contributed by atoms with van der Waals surface area (Å²) >= 11 is 0. The Morgan fingerprint density at radius 3 is 2.36 bits per heavy atom. The summed E-state index contributed by atoms with van der Waals surface area (Å²) in [4.78, 5) is 2.82. The summed E-state index contributed by atoms with van der Waals surface area (Å²) < 4.78 is 26.8. The van der Waals surface area contributed by atoms with E-state index in [4.69, 9.17) is 0 Å². The van der Waals surface area contributed by atoms with Crippen LogP contribution in [0.4, 0.5) is 0 Å². The fourth-order valence-corrected chi connectivity index (χ4v) is 4.72. The van der Waals surface area contributed by atoms with Crippen LogP contribution in [0.1, 0.15) is 19.3 Å². The van der Waals surface area contributed by atoms with Gasteiger partial charge in [0.1, 0.15) is 0 Å². The van der Waals surface area contributed by atoms with Crippen LogP contribution in [-0.2, 0) is 10.0 Å². The van der Waals surface area contributed by atoms with E-state index in [1.54, 1.807) is 28.6 Å². The van der Waals surface area contributed by atoms with Crippen LogP contribution in [0.25, 0.3) is 0 Å². The van der Waals surface area contributed by atoms with Gasteiger partial charge in [-0.15, -0.1) is 0 Å². The molecule has 0 saturated carbocycles. The molecule has 1 unspecified atom stereocenters. The quantitative estimate of drug-likeness (QED) is 0.800. The third-order valence-corrected chi connectivity index (χ3v) is 6.52. The molecule has 1 fully saturated rings. The SMILES string of the molecule is O=S(=O)(c1ccccc1)N1CCN(CC2CC=CCC2)CC1. The Morgan fingerprint density at radius 1 is 1.00 bits per heavy atom. The molecule has 5 heteroatoms. The van der Waals surface area contributed by atoms with Gasteiger partial charge in [-0.3, -0.25) is 0 Å². The normalized spacial score (nSPS) is 24.5. The molecule has 1 aliphatic carbocycles. The monoisotopic (exact) mass is 320 g/mol. The number of allylic oxidation sites excluding steroid dienone is 2. The van der Waals surface area contributed by atoms with Crippen molar-refractivity contribution < 1.29 is 8.42 Å². The highest BCUT2D eigenvalue weighted by atomic mass is 32.2. The Hall–Kier alpha value is -1.17. The minimum Gasteiger partial charge on any atom is -0.300 e. The van der Waals surface area contributed by atoms with Gasteiger partial charge < -0.3 is 4.90 Å². The molecule has 2 aliphatic rings. The molecule has 0 spiro atoms. The second-order valence-electron chi connectivity index (χ2n) is 6.17. The van der Waals surface area contributed by atoms with Crippen molar-refractivity contribution in [1.82, 2.24) is 9.21 Å². The summed E-state index contributed by atoms with van der Waals surface area (Å²) in [6, 6.07) is 8.75. The van der Waals surface area contributed by atoms with Crippen molar-refractivity contribution in [3.8, 4) is 0 Å². The molecule has 4 nitrogen and oxygen atoms in total. The highest BCUT2D eigenvalue weighted by Gasteiger charge is 2.28. The first-order valence-corrected chi connectivity index (χ1v) is 9.53. The Balaban J connectivity index is 1.56.